The first-order valence-corrected chi connectivity index (χ1v) is 11.7. The molecule has 0 spiro atoms. The van der Waals surface area contributed by atoms with Gasteiger partial charge in [0.2, 0.25) is 5.91 Å². The number of halogens is 1. The fraction of sp³-hybridized carbons (Fsp3) is 0.417. The number of rotatable bonds is 4. The molecule has 2 heterocycles. The van der Waals surface area contributed by atoms with Gasteiger partial charge < -0.3 is 15.0 Å². The number of nitrogens with one attached hydrogen (secondary N) is 1. The van der Waals surface area contributed by atoms with Gasteiger partial charge in [-0.25, -0.2) is 4.79 Å². The Morgan fingerprint density at radius 1 is 1.13 bits per heavy atom. The van der Waals surface area contributed by atoms with Gasteiger partial charge in [0.25, 0.3) is 0 Å². The van der Waals surface area contributed by atoms with Crippen LogP contribution in [0.15, 0.2) is 53.0 Å². The molecule has 0 aromatic heterocycles. The molecule has 31 heavy (non-hydrogen) atoms. The number of likely N-dealkylation sites (tertiary alicyclic amines) is 1. The Balaban J connectivity index is 1.33. The second-order valence-corrected chi connectivity index (χ2v) is 9.03. The predicted molar refractivity (Wildman–Crippen MR) is 124 cm³/mol. The largest absolute Gasteiger partial charge is 0.486 e. The van der Waals surface area contributed by atoms with Crippen molar-refractivity contribution in [2.75, 3.05) is 24.5 Å². The number of hydrogen-bond donors (Lipinski definition) is 1. The van der Waals surface area contributed by atoms with Crippen molar-refractivity contribution in [2.24, 2.45) is 5.92 Å². The van der Waals surface area contributed by atoms with E-state index in [0.717, 1.165) is 27.9 Å². The van der Waals surface area contributed by atoms with Gasteiger partial charge in [-0.1, -0.05) is 47.1 Å². The molecule has 0 aliphatic carbocycles. The number of fused-ring (bicyclic) bond motifs is 1. The van der Waals surface area contributed by atoms with Crippen LogP contribution in [0.3, 0.4) is 0 Å². The molecule has 0 radical (unpaired) electrons. The summed E-state index contributed by atoms with van der Waals surface area (Å²) < 4.78 is 7.00. The predicted octanol–water partition coefficient (Wildman–Crippen LogP) is 4.57. The number of para-hydroxylation sites is 2. The summed E-state index contributed by atoms with van der Waals surface area (Å²) in [6, 6.07) is 15.6. The zero-order chi connectivity index (χ0) is 21.8. The van der Waals surface area contributed by atoms with Crippen molar-refractivity contribution in [3.05, 3.63) is 58.6 Å². The van der Waals surface area contributed by atoms with Crippen LogP contribution in [0.25, 0.3) is 0 Å². The zero-order valence-corrected chi connectivity index (χ0v) is 19.3. The van der Waals surface area contributed by atoms with Gasteiger partial charge >= 0.3 is 6.03 Å². The molecular formula is C24H28BrN3O3. The van der Waals surface area contributed by atoms with E-state index in [4.69, 9.17) is 4.74 Å². The molecule has 2 aliphatic heterocycles. The molecule has 1 N–H and O–H groups in total. The highest BCUT2D eigenvalue weighted by atomic mass is 79.9. The maximum absolute atomic E-state index is 13.3. The van der Waals surface area contributed by atoms with Gasteiger partial charge in [-0.2, -0.15) is 0 Å². The Morgan fingerprint density at radius 2 is 1.90 bits per heavy atom. The number of carbonyl (C=O) groups is 2. The Morgan fingerprint density at radius 3 is 2.65 bits per heavy atom. The third-order valence-electron chi connectivity index (χ3n) is 6.01. The average Bonchev–Trinajstić information content (AvgIpc) is 2.81. The highest BCUT2D eigenvalue weighted by Gasteiger charge is 2.34. The van der Waals surface area contributed by atoms with Crippen molar-refractivity contribution >= 4 is 33.6 Å². The molecule has 1 unspecified atom stereocenters. The summed E-state index contributed by atoms with van der Waals surface area (Å²) in [6.07, 6.45) is 2.21. The number of piperidine rings is 1. The summed E-state index contributed by atoms with van der Waals surface area (Å²) in [5.41, 5.74) is 1.89. The van der Waals surface area contributed by atoms with Gasteiger partial charge in [-0.05, 0) is 49.1 Å². The Labute approximate surface area is 191 Å². The number of anilines is 1. The van der Waals surface area contributed by atoms with Gasteiger partial charge in [0.05, 0.1) is 12.2 Å². The number of ether oxygens (including phenoxy) is 1. The van der Waals surface area contributed by atoms with E-state index in [2.05, 4.69) is 28.2 Å². The van der Waals surface area contributed by atoms with Crippen LogP contribution in [0.1, 0.15) is 31.7 Å². The van der Waals surface area contributed by atoms with Crippen molar-refractivity contribution in [1.82, 2.24) is 10.2 Å². The molecule has 164 valence electrons. The van der Waals surface area contributed by atoms with E-state index in [-0.39, 0.29) is 24.0 Å². The van der Waals surface area contributed by atoms with Crippen molar-refractivity contribution in [1.29, 1.82) is 0 Å². The van der Waals surface area contributed by atoms with Crippen LogP contribution in [0, 0.1) is 5.92 Å². The normalized spacial score (nSPS) is 18.8. The smallest absolute Gasteiger partial charge is 0.324 e. The Kier molecular flexibility index (Phi) is 6.80. The first-order chi connectivity index (χ1) is 15.0. The summed E-state index contributed by atoms with van der Waals surface area (Å²) in [5.74, 6) is 0.766. The summed E-state index contributed by atoms with van der Waals surface area (Å²) in [6.45, 7) is 4.31. The van der Waals surface area contributed by atoms with Crippen LogP contribution in [-0.2, 0) is 11.3 Å². The molecule has 4 rings (SSSR count). The van der Waals surface area contributed by atoms with Crippen LogP contribution in [0.4, 0.5) is 10.5 Å². The lowest BCUT2D eigenvalue weighted by Gasteiger charge is -2.39. The van der Waals surface area contributed by atoms with Crippen LogP contribution < -0.4 is 15.0 Å². The topological polar surface area (TPSA) is 61.9 Å². The van der Waals surface area contributed by atoms with E-state index in [1.54, 1.807) is 0 Å². The minimum atomic E-state index is -0.0587. The van der Waals surface area contributed by atoms with Crippen LogP contribution >= 0.6 is 15.9 Å². The Hall–Kier alpha value is -2.54. The number of hydrogen-bond acceptors (Lipinski definition) is 3. The molecule has 1 fully saturated rings. The minimum absolute atomic E-state index is 0.000176. The first kappa shape index (κ1) is 21.7. The van der Waals surface area contributed by atoms with Crippen molar-refractivity contribution in [3.8, 4) is 5.75 Å². The molecule has 3 amide bonds. The monoisotopic (exact) mass is 485 g/mol. The SMILES string of the molecule is CCC1CN(C(=O)N2CCC(C(=O)NCc3cccc(Br)c3)CC2)c2ccccc2O1. The molecule has 2 aliphatic rings. The molecule has 0 saturated carbocycles. The minimum Gasteiger partial charge on any atom is -0.486 e. The number of benzene rings is 2. The van der Waals surface area contributed by atoms with Crippen LogP contribution in [0.2, 0.25) is 0 Å². The average molecular weight is 486 g/mol. The van der Waals surface area contributed by atoms with Gasteiger partial charge in [0.1, 0.15) is 11.9 Å². The van der Waals surface area contributed by atoms with Gasteiger partial charge in [0.15, 0.2) is 0 Å². The van der Waals surface area contributed by atoms with E-state index in [0.29, 0.717) is 39.0 Å². The zero-order valence-electron chi connectivity index (χ0n) is 17.7. The summed E-state index contributed by atoms with van der Waals surface area (Å²) >= 11 is 3.46. The lowest BCUT2D eigenvalue weighted by Crippen LogP contribution is -2.52. The van der Waals surface area contributed by atoms with Crippen LogP contribution in [0.5, 0.6) is 5.75 Å². The van der Waals surface area contributed by atoms with Crippen molar-refractivity contribution < 1.29 is 14.3 Å². The molecular weight excluding hydrogens is 458 g/mol. The molecule has 2 aromatic carbocycles. The first-order valence-electron chi connectivity index (χ1n) is 10.9. The highest BCUT2D eigenvalue weighted by Crippen LogP contribution is 2.35. The number of carbonyl (C=O) groups excluding carboxylic acids is 2. The van der Waals surface area contributed by atoms with E-state index >= 15 is 0 Å². The lowest BCUT2D eigenvalue weighted by atomic mass is 9.96. The number of nitrogens with zero attached hydrogens (tertiary/aromatic N) is 2. The van der Waals surface area contributed by atoms with E-state index in [1.807, 2.05) is 58.3 Å². The highest BCUT2D eigenvalue weighted by molar-refractivity contribution is 9.10. The summed E-state index contributed by atoms with van der Waals surface area (Å²) in [4.78, 5) is 29.6. The lowest BCUT2D eigenvalue weighted by molar-refractivity contribution is -0.126. The molecule has 7 heteroatoms. The van der Waals surface area contributed by atoms with Crippen LogP contribution in [-0.4, -0.2) is 42.6 Å². The standard InChI is InChI=1S/C24H28BrN3O3/c1-2-20-16-28(21-8-3-4-9-22(21)31-20)24(30)27-12-10-18(11-13-27)23(29)26-15-17-6-5-7-19(25)14-17/h3-9,14,18,20H,2,10-13,15-16H2,1H3,(H,26,29). The third-order valence-corrected chi connectivity index (χ3v) is 6.51. The Bertz CT molecular complexity index is 943. The molecule has 0 bridgehead atoms. The maximum Gasteiger partial charge on any atom is 0.324 e. The van der Waals surface area contributed by atoms with Gasteiger partial charge in [-0.3, -0.25) is 9.69 Å². The fourth-order valence-electron chi connectivity index (χ4n) is 4.18. The van der Waals surface area contributed by atoms with Gasteiger partial charge in [-0.15, -0.1) is 0 Å². The number of amides is 3. The number of urea groups is 1. The summed E-state index contributed by atoms with van der Waals surface area (Å²) in [7, 11) is 0. The molecule has 6 nitrogen and oxygen atoms in total. The van der Waals surface area contributed by atoms with Crippen molar-refractivity contribution in [2.45, 2.75) is 38.8 Å². The molecule has 1 saturated heterocycles. The quantitative estimate of drug-likeness (QED) is 0.689. The van der Waals surface area contributed by atoms with E-state index in [9.17, 15) is 9.59 Å². The van der Waals surface area contributed by atoms with E-state index in [1.165, 1.54) is 0 Å². The summed E-state index contributed by atoms with van der Waals surface area (Å²) in [5, 5.41) is 3.04. The van der Waals surface area contributed by atoms with Gasteiger partial charge in [0, 0.05) is 30.0 Å². The van der Waals surface area contributed by atoms with Crippen molar-refractivity contribution in [3.63, 3.8) is 0 Å². The molecule has 1 atom stereocenters. The molecule has 2 aromatic rings. The second-order valence-electron chi connectivity index (χ2n) is 8.12. The fourth-order valence-corrected chi connectivity index (χ4v) is 4.62. The second kappa shape index (κ2) is 9.73. The maximum atomic E-state index is 13.3. The van der Waals surface area contributed by atoms with E-state index < -0.39 is 0 Å². The third kappa shape index (κ3) is 5.03.